The third-order valence-electron chi connectivity index (χ3n) is 14.6. The molecule has 0 saturated heterocycles. The first-order chi connectivity index (χ1) is 36.9. The van der Waals surface area contributed by atoms with Crippen LogP contribution >= 0.6 is 0 Å². The van der Waals surface area contributed by atoms with Crippen molar-refractivity contribution in [3.05, 3.63) is 233 Å². The number of para-hydroxylation sites is 5. The predicted molar refractivity (Wildman–Crippen MR) is 295 cm³/mol. The number of benzene rings is 9. The second-order valence-electron chi connectivity index (χ2n) is 19.9. The molecule has 73 heavy (non-hydrogen) atoms. The Balaban J connectivity index is 0.966. The molecule has 14 rings (SSSR count). The van der Waals surface area contributed by atoms with Crippen molar-refractivity contribution in [1.29, 1.82) is 0 Å². The summed E-state index contributed by atoms with van der Waals surface area (Å²) in [7, 11) is 0. The van der Waals surface area contributed by atoms with E-state index >= 15 is 0 Å². The minimum atomic E-state index is -2.42. The number of pyridine rings is 1. The number of aromatic nitrogens is 3. The van der Waals surface area contributed by atoms with E-state index in [0.717, 1.165) is 93.2 Å². The topological polar surface area (TPSA) is 38.5 Å². The molecule has 0 unspecified atom stereocenters. The average Bonchev–Trinajstić information content (AvgIpc) is 4.17. The Morgan fingerprint density at radius 3 is 2.01 bits per heavy atom. The van der Waals surface area contributed by atoms with Gasteiger partial charge in [0, 0.05) is 11.3 Å². The van der Waals surface area contributed by atoms with E-state index in [0.29, 0.717) is 22.7 Å². The first-order valence-corrected chi connectivity index (χ1v) is 25.7. The van der Waals surface area contributed by atoms with Crippen LogP contribution < -0.4 is 19.8 Å². The van der Waals surface area contributed by atoms with Gasteiger partial charge in [0.15, 0.2) is 0 Å². The molecule has 0 bridgehead atoms. The number of fused-ring (bicyclic) bond motifs is 10. The number of hydrogen-bond donors (Lipinski definition) is 0. The molecule has 0 spiro atoms. The zero-order valence-electron chi connectivity index (χ0n) is 43.2. The molecule has 6 nitrogen and oxygen atoms in total. The van der Waals surface area contributed by atoms with Gasteiger partial charge >= 0.3 is 372 Å². The summed E-state index contributed by atoms with van der Waals surface area (Å²) in [6.07, 6.45) is 0. The van der Waals surface area contributed by atoms with E-state index in [-0.39, 0.29) is 23.8 Å². The fourth-order valence-corrected chi connectivity index (χ4v) is 12.4. The summed E-state index contributed by atoms with van der Waals surface area (Å²) < 4.78 is 38.9. The molecule has 0 saturated carbocycles. The summed E-state index contributed by atoms with van der Waals surface area (Å²) >= 11 is 2.46. The molecule has 0 N–H and O–H groups in total. The van der Waals surface area contributed by atoms with E-state index in [1.807, 2.05) is 36.4 Å². The Hall–Kier alpha value is -8.25. The van der Waals surface area contributed by atoms with Gasteiger partial charge in [-0.25, -0.2) is 0 Å². The number of hydrogen-bond acceptors (Lipinski definition) is 4. The van der Waals surface area contributed by atoms with Crippen LogP contribution in [0.25, 0.3) is 78.0 Å². The summed E-state index contributed by atoms with van der Waals surface area (Å²) in [6.45, 7) is 4.10. The van der Waals surface area contributed by atoms with E-state index in [9.17, 15) is 0 Å². The van der Waals surface area contributed by atoms with Gasteiger partial charge in [-0.3, -0.25) is 0 Å². The second kappa shape index (κ2) is 16.7. The van der Waals surface area contributed by atoms with E-state index < -0.39 is 6.85 Å². The van der Waals surface area contributed by atoms with Gasteiger partial charge in [0.25, 0.3) is 0 Å². The Kier molecular flexibility index (Phi) is 9.21. The third kappa shape index (κ3) is 6.75. The Labute approximate surface area is 440 Å². The van der Waals surface area contributed by atoms with E-state index in [1.54, 1.807) is 12.1 Å². The molecule has 9 aromatic carbocycles. The van der Waals surface area contributed by atoms with Crippen molar-refractivity contribution >= 4 is 46.4 Å². The van der Waals surface area contributed by atoms with Crippen molar-refractivity contribution in [3.63, 3.8) is 0 Å². The summed E-state index contributed by atoms with van der Waals surface area (Å²) in [6, 6.07) is 78.2. The van der Waals surface area contributed by atoms with Crippen LogP contribution in [-0.4, -0.2) is 21.1 Å². The Morgan fingerprint density at radius 1 is 0.562 bits per heavy atom. The maximum atomic E-state index is 8.74. The van der Waals surface area contributed by atoms with Crippen LogP contribution in [0.4, 0.5) is 22.9 Å². The van der Waals surface area contributed by atoms with Crippen LogP contribution in [0.1, 0.15) is 36.0 Å². The molecular formula is C65H46BN5OPt-2. The van der Waals surface area contributed by atoms with Gasteiger partial charge < -0.3 is 0 Å². The molecule has 0 radical (unpaired) electrons. The molecule has 0 amide bonds. The van der Waals surface area contributed by atoms with Crippen LogP contribution in [0.2, 0.25) is 0 Å². The monoisotopic (exact) mass is 1120 g/mol. The Bertz CT molecular complexity index is 4260. The van der Waals surface area contributed by atoms with Crippen LogP contribution in [0.3, 0.4) is 0 Å². The van der Waals surface area contributed by atoms with Gasteiger partial charge in [0.1, 0.15) is 0 Å². The molecule has 2 aromatic heterocycles. The number of nitrogens with zero attached hydrogens (tertiary/aromatic N) is 5. The molecule has 3 aliphatic heterocycles. The minimum absolute atomic E-state index is 0.0424. The summed E-state index contributed by atoms with van der Waals surface area (Å²) in [4.78, 5) is 10.2. The fourth-order valence-electron chi connectivity index (χ4n) is 11.3. The van der Waals surface area contributed by atoms with Gasteiger partial charge in [-0.05, 0) is 11.6 Å². The number of aryl methyl sites for hydroxylation is 1. The molecule has 0 fully saturated rings. The number of ether oxygens (including phenoxy) is 1. The molecule has 11 aromatic rings. The van der Waals surface area contributed by atoms with Crippen LogP contribution in [0.15, 0.2) is 206 Å². The van der Waals surface area contributed by atoms with Crippen molar-refractivity contribution in [2.75, 3.05) is 9.62 Å². The maximum absolute atomic E-state index is 8.74. The third-order valence-corrected chi connectivity index (χ3v) is 15.6. The molecule has 3 aliphatic rings. The molecule has 8 heteroatoms. The van der Waals surface area contributed by atoms with Crippen LogP contribution in [0, 0.1) is 22.8 Å². The van der Waals surface area contributed by atoms with Crippen molar-refractivity contribution < 1.29 is 28.2 Å². The van der Waals surface area contributed by atoms with E-state index in [1.165, 1.54) is 5.56 Å². The first kappa shape index (κ1) is 40.4. The van der Waals surface area contributed by atoms with Gasteiger partial charge in [-0.2, -0.15) is 12.1 Å². The van der Waals surface area contributed by atoms with Crippen molar-refractivity contribution in [2.24, 2.45) is 0 Å². The molecular weight excluding hydrogens is 1070 g/mol. The number of imidazole rings is 1. The molecule has 352 valence electrons. The van der Waals surface area contributed by atoms with Gasteiger partial charge in [-0.1, -0.05) is 30.3 Å². The summed E-state index contributed by atoms with van der Waals surface area (Å²) in [5.41, 5.74) is 19.2. The van der Waals surface area contributed by atoms with E-state index in [2.05, 4.69) is 229 Å². The fraction of sp³-hybridized carbons (Fsp3) is 0.0769. The van der Waals surface area contributed by atoms with Crippen LogP contribution in [0.5, 0.6) is 11.6 Å². The molecule has 0 atom stereocenters. The Morgan fingerprint density at radius 2 is 1.21 bits per heavy atom. The zero-order chi connectivity index (χ0) is 51.6. The van der Waals surface area contributed by atoms with Crippen LogP contribution in [-0.2, 0) is 24.8 Å². The normalized spacial score (nSPS) is 13.7. The number of anilines is 4. The second-order valence-corrected chi connectivity index (χ2v) is 20.9. The van der Waals surface area contributed by atoms with Gasteiger partial charge in [-0.15, -0.1) is 6.07 Å². The first-order valence-electron chi connectivity index (χ1n) is 26.1. The predicted octanol–water partition coefficient (Wildman–Crippen LogP) is 15.5. The average molecular weight is 1120 g/mol. The zero-order valence-corrected chi connectivity index (χ0v) is 42.4. The van der Waals surface area contributed by atoms with Crippen molar-refractivity contribution in [1.82, 2.24) is 14.1 Å². The van der Waals surface area contributed by atoms with Gasteiger partial charge in [0.2, 0.25) is 0 Å². The van der Waals surface area contributed by atoms with E-state index in [4.69, 9.17) is 13.8 Å². The number of rotatable bonds is 7. The quantitative estimate of drug-likeness (QED) is 0.118. The summed E-state index contributed by atoms with van der Waals surface area (Å²) in [5.74, 6) is 1.37. The van der Waals surface area contributed by atoms with Gasteiger partial charge in [0.05, 0.1) is 0 Å². The summed E-state index contributed by atoms with van der Waals surface area (Å²) in [5, 5.41) is 0. The van der Waals surface area contributed by atoms with Crippen molar-refractivity contribution in [2.45, 2.75) is 33.0 Å². The standard InChI is InChI=1S/C65H46BN5O.Pt/c1-42-20-8-9-27-48(42)55-40-54-53-32-19-31-52-51-28-10-11-33-56(51)70-59-36-14-15-37-60(59)71(66(70)61(52)53)63(54)67-64(55)72-47-26-17-25-46(39-47)68-41-69(58-35-13-12-34-57(58)68)62-49(43-21-6-5-7-22-43)29-18-30-50(62)44-23-16-24-45(38-44)65(2,3)4;/h5-36,38,40H,1-4H3;/q-2;/i1D3;. The van der Waals surface area contributed by atoms with Crippen molar-refractivity contribution in [3.8, 4) is 78.6 Å². The molecule has 5 heterocycles. The molecule has 0 aliphatic carbocycles. The SMILES string of the molecule is [2H]C([2H])([2H])c1ccccc1-c1cc2c(nc1Oc1[c-]c(-n3[c](=[Pt])n(-c4c(-c5ccccc5)cccc4-c4cccc(C(C)(C)C)c4)c4ccccc43)ccc1)N1B3c4c(cccc4-2)-c2ccccc2N3c2ccc[c-]c21.